The zero-order valence-electron chi connectivity index (χ0n) is 10.7. The van der Waals surface area contributed by atoms with Crippen molar-refractivity contribution in [3.05, 3.63) is 0 Å². The normalized spacial score (nSPS) is 26.5. The minimum atomic E-state index is -0.241. The maximum Gasteiger partial charge on any atom is 0.225 e. The van der Waals surface area contributed by atoms with Crippen LogP contribution < -0.4 is 5.32 Å². The molecule has 0 aliphatic heterocycles. The molecule has 2 unspecified atom stereocenters. The van der Waals surface area contributed by atoms with Crippen molar-refractivity contribution >= 4 is 17.5 Å². The number of alkyl halides is 1. The summed E-state index contributed by atoms with van der Waals surface area (Å²) in [5, 5.41) is 3.38. The lowest BCUT2D eigenvalue weighted by Gasteiger charge is -2.28. The Bertz CT molecular complexity index is 240. The van der Waals surface area contributed by atoms with Crippen LogP contribution in [-0.2, 0) is 4.79 Å². The van der Waals surface area contributed by atoms with Crippen LogP contribution in [0.5, 0.6) is 0 Å². The zero-order chi connectivity index (χ0) is 12.2. The predicted octanol–water partition coefficient (Wildman–Crippen LogP) is 3.34. The molecule has 0 saturated heterocycles. The van der Waals surface area contributed by atoms with Crippen molar-refractivity contribution in [2.45, 2.75) is 58.3 Å². The SMILES string of the molecule is CCC(C)(C)C(=O)NCC1CCCC(Cl)C1. The highest BCUT2D eigenvalue weighted by Gasteiger charge is 2.26. The molecule has 0 radical (unpaired) electrons. The second kappa shape index (κ2) is 5.90. The largest absolute Gasteiger partial charge is 0.355 e. The lowest BCUT2D eigenvalue weighted by molar-refractivity contribution is -0.129. The van der Waals surface area contributed by atoms with Crippen molar-refractivity contribution in [1.29, 1.82) is 0 Å². The molecule has 1 amide bonds. The second-order valence-electron chi connectivity index (χ2n) is 5.58. The highest BCUT2D eigenvalue weighted by Crippen LogP contribution is 2.27. The summed E-state index contributed by atoms with van der Waals surface area (Å²) in [6.45, 7) is 6.83. The van der Waals surface area contributed by atoms with Gasteiger partial charge in [0, 0.05) is 17.3 Å². The number of halogens is 1. The van der Waals surface area contributed by atoms with Gasteiger partial charge in [-0.25, -0.2) is 0 Å². The molecule has 0 heterocycles. The van der Waals surface area contributed by atoms with Crippen LogP contribution in [0.2, 0.25) is 0 Å². The van der Waals surface area contributed by atoms with Gasteiger partial charge in [0.05, 0.1) is 0 Å². The Kier molecular flexibility index (Phi) is 5.10. The van der Waals surface area contributed by atoms with Crippen molar-refractivity contribution in [2.75, 3.05) is 6.54 Å². The number of hydrogen-bond donors (Lipinski definition) is 1. The van der Waals surface area contributed by atoms with E-state index in [0.29, 0.717) is 11.3 Å². The molecule has 94 valence electrons. The molecule has 0 bridgehead atoms. The first-order valence-corrected chi connectivity index (χ1v) is 6.81. The van der Waals surface area contributed by atoms with Crippen LogP contribution in [0.4, 0.5) is 0 Å². The number of amides is 1. The van der Waals surface area contributed by atoms with Crippen LogP contribution in [0.1, 0.15) is 52.9 Å². The smallest absolute Gasteiger partial charge is 0.225 e. The Morgan fingerprint density at radius 3 is 2.69 bits per heavy atom. The van der Waals surface area contributed by atoms with E-state index >= 15 is 0 Å². The number of hydrogen-bond acceptors (Lipinski definition) is 1. The standard InChI is InChI=1S/C13H24ClNO/c1-4-13(2,3)12(16)15-9-10-6-5-7-11(14)8-10/h10-11H,4-9H2,1-3H3,(H,15,16). The summed E-state index contributed by atoms with van der Waals surface area (Å²) in [5.41, 5.74) is -0.241. The van der Waals surface area contributed by atoms with E-state index in [2.05, 4.69) is 12.2 Å². The van der Waals surface area contributed by atoms with Gasteiger partial charge in [-0.05, 0) is 31.6 Å². The van der Waals surface area contributed by atoms with E-state index in [0.717, 1.165) is 25.8 Å². The summed E-state index contributed by atoms with van der Waals surface area (Å²) in [6.07, 6.45) is 5.46. The quantitative estimate of drug-likeness (QED) is 0.757. The molecule has 1 aliphatic carbocycles. The summed E-state index contributed by atoms with van der Waals surface area (Å²) >= 11 is 6.13. The Labute approximate surface area is 104 Å². The first kappa shape index (κ1) is 13.8. The molecule has 0 aromatic carbocycles. The Balaban J connectivity index is 2.31. The first-order valence-electron chi connectivity index (χ1n) is 6.38. The summed E-state index contributed by atoms with van der Waals surface area (Å²) in [4.78, 5) is 11.9. The van der Waals surface area contributed by atoms with E-state index in [1.54, 1.807) is 0 Å². The van der Waals surface area contributed by atoms with Gasteiger partial charge in [0.15, 0.2) is 0 Å². The summed E-state index contributed by atoms with van der Waals surface area (Å²) < 4.78 is 0. The van der Waals surface area contributed by atoms with Crippen LogP contribution >= 0.6 is 11.6 Å². The van der Waals surface area contributed by atoms with Crippen molar-refractivity contribution in [1.82, 2.24) is 5.32 Å². The number of rotatable bonds is 4. The molecule has 0 aromatic rings. The van der Waals surface area contributed by atoms with E-state index < -0.39 is 0 Å². The molecule has 1 fully saturated rings. The molecule has 2 atom stereocenters. The van der Waals surface area contributed by atoms with Crippen molar-refractivity contribution in [3.63, 3.8) is 0 Å². The van der Waals surface area contributed by atoms with Gasteiger partial charge in [0.2, 0.25) is 5.91 Å². The van der Waals surface area contributed by atoms with E-state index in [4.69, 9.17) is 11.6 Å². The molecule has 2 nitrogen and oxygen atoms in total. The maximum absolute atomic E-state index is 11.9. The van der Waals surface area contributed by atoms with Crippen LogP contribution in [0.25, 0.3) is 0 Å². The monoisotopic (exact) mass is 245 g/mol. The molecule has 1 saturated carbocycles. The minimum absolute atomic E-state index is 0.173. The van der Waals surface area contributed by atoms with Gasteiger partial charge in [-0.2, -0.15) is 0 Å². The van der Waals surface area contributed by atoms with Gasteiger partial charge < -0.3 is 5.32 Å². The van der Waals surface area contributed by atoms with E-state index in [9.17, 15) is 4.79 Å². The highest BCUT2D eigenvalue weighted by atomic mass is 35.5. The van der Waals surface area contributed by atoms with E-state index in [-0.39, 0.29) is 11.3 Å². The molecule has 1 rings (SSSR count). The van der Waals surface area contributed by atoms with Crippen LogP contribution in [0.3, 0.4) is 0 Å². The molecule has 1 N–H and O–H groups in total. The fourth-order valence-corrected chi connectivity index (χ4v) is 2.45. The lowest BCUT2D eigenvalue weighted by atomic mass is 9.87. The second-order valence-corrected chi connectivity index (χ2v) is 6.19. The number of nitrogens with one attached hydrogen (secondary N) is 1. The molecular formula is C13H24ClNO. The molecule has 0 spiro atoms. The Morgan fingerprint density at radius 2 is 2.12 bits per heavy atom. The van der Waals surface area contributed by atoms with Gasteiger partial charge in [-0.1, -0.05) is 27.2 Å². The summed E-state index contributed by atoms with van der Waals surface area (Å²) in [6, 6.07) is 0. The van der Waals surface area contributed by atoms with E-state index in [1.165, 1.54) is 12.8 Å². The maximum atomic E-state index is 11.9. The van der Waals surface area contributed by atoms with Crippen molar-refractivity contribution < 1.29 is 4.79 Å². The van der Waals surface area contributed by atoms with Gasteiger partial charge >= 0.3 is 0 Å². The molecule has 3 heteroatoms. The topological polar surface area (TPSA) is 29.1 Å². The van der Waals surface area contributed by atoms with Gasteiger partial charge in [-0.15, -0.1) is 11.6 Å². The average molecular weight is 246 g/mol. The van der Waals surface area contributed by atoms with Crippen molar-refractivity contribution in [2.24, 2.45) is 11.3 Å². The molecule has 0 aromatic heterocycles. The lowest BCUT2D eigenvalue weighted by Crippen LogP contribution is -2.40. The van der Waals surface area contributed by atoms with Gasteiger partial charge in [0.25, 0.3) is 0 Å². The predicted molar refractivity (Wildman–Crippen MR) is 68.7 cm³/mol. The van der Waals surface area contributed by atoms with Crippen molar-refractivity contribution in [3.8, 4) is 0 Å². The highest BCUT2D eigenvalue weighted by molar-refractivity contribution is 6.20. The molecular weight excluding hydrogens is 222 g/mol. The summed E-state index contributed by atoms with van der Waals surface area (Å²) in [7, 11) is 0. The fraction of sp³-hybridized carbons (Fsp3) is 0.923. The molecule has 16 heavy (non-hydrogen) atoms. The summed E-state index contributed by atoms with van der Waals surface area (Å²) in [5.74, 6) is 0.750. The number of carbonyl (C=O) groups is 1. The average Bonchev–Trinajstić information content (AvgIpc) is 2.26. The van der Waals surface area contributed by atoms with E-state index in [1.807, 2.05) is 13.8 Å². The third-order valence-electron chi connectivity index (χ3n) is 3.77. The molecule has 1 aliphatic rings. The van der Waals surface area contributed by atoms with Crippen LogP contribution in [-0.4, -0.2) is 17.8 Å². The van der Waals surface area contributed by atoms with Crippen LogP contribution in [0.15, 0.2) is 0 Å². The van der Waals surface area contributed by atoms with Gasteiger partial charge in [0.1, 0.15) is 0 Å². The number of carbonyl (C=O) groups excluding carboxylic acids is 1. The Hall–Kier alpha value is -0.240. The Morgan fingerprint density at radius 1 is 1.44 bits per heavy atom. The minimum Gasteiger partial charge on any atom is -0.355 e. The zero-order valence-corrected chi connectivity index (χ0v) is 11.4. The third-order valence-corrected chi connectivity index (χ3v) is 4.17. The van der Waals surface area contributed by atoms with Crippen LogP contribution in [0, 0.1) is 11.3 Å². The first-order chi connectivity index (χ1) is 7.45. The third kappa shape index (κ3) is 3.97. The fourth-order valence-electron chi connectivity index (χ4n) is 2.05. The van der Waals surface area contributed by atoms with Gasteiger partial charge in [-0.3, -0.25) is 4.79 Å².